The maximum absolute atomic E-state index is 12.4. The largest absolute Gasteiger partial charge is 0.390 e. The van der Waals surface area contributed by atoms with Crippen LogP contribution in [0.5, 0.6) is 0 Å². The van der Waals surface area contributed by atoms with Gasteiger partial charge in [0, 0.05) is 10.5 Å². The first-order chi connectivity index (χ1) is 7.90. The molecule has 1 rings (SSSR count). The quantitative estimate of drug-likeness (QED) is 0.869. The van der Waals surface area contributed by atoms with Crippen molar-refractivity contribution in [3.05, 3.63) is 34.3 Å². The van der Waals surface area contributed by atoms with Crippen molar-refractivity contribution in [3.8, 4) is 0 Å². The second-order valence-corrected chi connectivity index (χ2v) is 4.82. The van der Waals surface area contributed by atoms with Crippen molar-refractivity contribution in [1.82, 2.24) is 5.32 Å². The van der Waals surface area contributed by atoms with Gasteiger partial charge in [0.15, 0.2) is 0 Å². The molecule has 0 aliphatic heterocycles. The van der Waals surface area contributed by atoms with E-state index in [0.29, 0.717) is 13.0 Å². The van der Waals surface area contributed by atoms with Crippen molar-refractivity contribution in [2.24, 2.45) is 0 Å². The van der Waals surface area contributed by atoms with Crippen molar-refractivity contribution in [2.45, 2.75) is 32.0 Å². The Bertz CT molecular complexity index is 352. The summed E-state index contributed by atoms with van der Waals surface area (Å²) in [5, 5.41) is 2.87. The number of halogens is 4. The fourth-order valence-corrected chi connectivity index (χ4v) is 2.18. The summed E-state index contributed by atoms with van der Waals surface area (Å²) in [5.41, 5.74) is 0.898. The number of hydrogen-bond donors (Lipinski definition) is 1. The molecule has 0 amide bonds. The Morgan fingerprint density at radius 2 is 2.06 bits per heavy atom. The zero-order valence-corrected chi connectivity index (χ0v) is 11.1. The van der Waals surface area contributed by atoms with Crippen LogP contribution in [0.3, 0.4) is 0 Å². The molecule has 0 radical (unpaired) electrons. The van der Waals surface area contributed by atoms with E-state index < -0.39 is 18.6 Å². The normalized spacial score (nSPS) is 13.7. The predicted molar refractivity (Wildman–Crippen MR) is 66.0 cm³/mol. The lowest BCUT2D eigenvalue weighted by Gasteiger charge is -2.19. The number of alkyl halides is 3. The molecule has 96 valence electrons. The summed E-state index contributed by atoms with van der Waals surface area (Å²) in [4.78, 5) is 0. The Kier molecular flexibility index (Phi) is 5.46. The summed E-state index contributed by atoms with van der Waals surface area (Å²) >= 11 is 3.31. The topological polar surface area (TPSA) is 12.0 Å². The van der Waals surface area contributed by atoms with E-state index in [1.807, 2.05) is 31.2 Å². The minimum atomic E-state index is -4.13. The van der Waals surface area contributed by atoms with E-state index in [-0.39, 0.29) is 0 Å². The Labute approximate surface area is 108 Å². The second-order valence-electron chi connectivity index (χ2n) is 3.91. The third kappa shape index (κ3) is 6.07. The van der Waals surface area contributed by atoms with Gasteiger partial charge in [0.25, 0.3) is 0 Å². The van der Waals surface area contributed by atoms with Crippen LogP contribution in [0.2, 0.25) is 0 Å². The zero-order valence-electron chi connectivity index (χ0n) is 9.52. The van der Waals surface area contributed by atoms with Crippen LogP contribution in [0, 0.1) is 0 Å². The highest BCUT2D eigenvalue weighted by Crippen LogP contribution is 2.23. The Morgan fingerprint density at radius 3 is 2.59 bits per heavy atom. The van der Waals surface area contributed by atoms with Gasteiger partial charge in [-0.1, -0.05) is 35.0 Å². The highest BCUT2D eigenvalue weighted by atomic mass is 79.9. The number of likely N-dealkylation sites (N-methyl/N-ethyl adjacent to an activating group) is 1. The molecule has 17 heavy (non-hydrogen) atoms. The molecular formula is C12H15BrF3N. The molecule has 0 saturated heterocycles. The molecule has 1 atom stereocenters. The number of nitrogens with one attached hydrogen (secondary N) is 1. The molecule has 0 aliphatic carbocycles. The highest BCUT2D eigenvalue weighted by molar-refractivity contribution is 9.10. The molecule has 0 spiro atoms. The van der Waals surface area contributed by atoms with Crippen LogP contribution in [-0.4, -0.2) is 18.8 Å². The van der Waals surface area contributed by atoms with Gasteiger partial charge in [-0.3, -0.25) is 0 Å². The van der Waals surface area contributed by atoms with Gasteiger partial charge in [0.05, 0.1) is 6.42 Å². The molecular weight excluding hydrogens is 295 g/mol. The van der Waals surface area contributed by atoms with Gasteiger partial charge < -0.3 is 5.32 Å². The Hall–Kier alpha value is -0.550. The zero-order chi connectivity index (χ0) is 12.9. The molecule has 1 N–H and O–H groups in total. The molecule has 0 fully saturated rings. The third-order valence-corrected chi connectivity index (χ3v) is 2.84. The number of benzene rings is 1. The van der Waals surface area contributed by atoms with Gasteiger partial charge >= 0.3 is 6.18 Å². The fraction of sp³-hybridized carbons (Fsp3) is 0.500. The van der Waals surface area contributed by atoms with Crippen LogP contribution in [0.4, 0.5) is 13.2 Å². The van der Waals surface area contributed by atoms with E-state index in [0.717, 1.165) is 10.0 Å². The van der Waals surface area contributed by atoms with Crippen molar-refractivity contribution < 1.29 is 13.2 Å². The second kappa shape index (κ2) is 6.40. The fourth-order valence-electron chi connectivity index (χ4n) is 1.73. The monoisotopic (exact) mass is 309 g/mol. The van der Waals surface area contributed by atoms with Crippen molar-refractivity contribution in [2.75, 3.05) is 6.54 Å². The summed E-state index contributed by atoms with van der Waals surface area (Å²) in [5.74, 6) is 0. The van der Waals surface area contributed by atoms with Gasteiger partial charge in [0.2, 0.25) is 0 Å². The first-order valence-corrected chi connectivity index (χ1v) is 6.24. The van der Waals surface area contributed by atoms with Crippen LogP contribution in [0.15, 0.2) is 28.7 Å². The van der Waals surface area contributed by atoms with Crippen molar-refractivity contribution in [1.29, 1.82) is 0 Å². The van der Waals surface area contributed by atoms with Crippen molar-refractivity contribution in [3.63, 3.8) is 0 Å². The van der Waals surface area contributed by atoms with Gasteiger partial charge in [-0.05, 0) is 30.7 Å². The van der Waals surface area contributed by atoms with E-state index in [1.54, 1.807) is 0 Å². The van der Waals surface area contributed by atoms with Crippen LogP contribution < -0.4 is 5.32 Å². The molecule has 1 aromatic rings. The van der Waals surface area contributed by atoms with Crippen molar-refractivity contribution >= 4 is 15.9 Å². The smallest absolute Gasteiger partial charge is 0.314 e. The summed E-state index contributed by atoms with van der Waals surface area (Å²) < 4.78 is 38.0. The molecule has 0 bridgehead atoms. The van der Waals surface area contributed by atoms with E-state index in [2.05, 4.69) is 21.2 Å². The molecule has 0 aromatic heterocycles. The molecule has 1 unspecified atom stereocenters. The van der Waals surface area contributed by atoms with Crippen LogP contribution in [0.25, 0.3) is 0 Å². The molecule has 0 heterocycles. The average Bonchev–Trinajstić information content (AvgIpc) is 2.15. The van der Waals surface area contributed by atoms with Gasteiger partial charge in [-0.25, -0.2) is 0 Å². The molecule has 0 saturated carbocycles. The summed E-state index contributed by atoms with van der Waals surface area (Å²) in [6, 6.07) is 6.81. The standard InChI is InChI=1S/C12H15BrF3N/c1-2-17-11(8-12(14,15)16)7-9-4-3-5-10(13)6-9/h3-6,11,17H,2,7-8H2,1H3. The van der Waals surface area contributed by atoms with Gasteiger partial charge in [-0.15, -0.1) is 0 Å². The van der Waals surface area contributed by atoms with Gasteiger partial charge in [-0.2, -0.15) is 13.2 Å². The third-order valence-electron chi connectivity index (χ3n) is 2.34. The Morgan fingerprint density at radius 1 is 1.35 bits per heavy atom. The summed E-state index contributed by atoms with van der Waals surface area (Å²) in [6.07, 6.45) is -4.54. The molecule has 0 aliphatic rings. The minimum absolute atomic E-state index is 0.382. The maximum Gasteiger partial charge on any atom is 0.390 e. The SMILES string of the molecule is CCNC(Cc1cccc(Br)c1)CC(F)(F)F. The van der Waals surface area contributed by atoms with E-state index >= 15 is 0 Å². The van der Waals surface area contributed by atoms with Crippen LogP contribution >= 0.6 is 15.9 Å². The predicted octanol–water partition coefficient (Wildman–Crippen LogP) is 3.92. The Balaban J connectivity index is 2.66. The first-order valence-electron chi connectivity index (χ1n) is 5.45. The number of rotatable bonds is 5. The van der Waals surface area contributed by atoms with E-state index in [9.17, 15) is 13.2 Å². The highest BCUT2D eigenvalue weighted by Gasteiger charge is 2.31. The summed E-state index contributed by atoms with van der Waals surface area (Å²) in [6.45, 7) is 2.35. The van der Waals surface area contributed by atoms with Crippen LogP contribution in [-0.2, 0) is 6.42 Å². The van der Waals surface area contributed by atoms with E-state index in [4.69, 9.17) is 0 Å². The van der Waals surface area contributed by atoms with Crippen LogP contribution in [0.1, 0.15) is 18.9 Å². The summed E-state index contributed by atoms with van der Waals surface area (Å²) in [7, 11) is 0. The lowest BCUT2D eigenvalue weighted by molar-refractivity contribution is -0.139. The minimum Gasteiger partial charge on any atom is -0.314 e. The first kappa shape index (κ1) is 14.5. The molecule has 1 aromatic carbocycles. The maximum atomic E-state index is 12.4. The molecule has 5 heteroatoms. The van der Waals surface area contributed by atoms with E-state index in [1.165, 1.54) is 0 Å². The van der Waals surface area contributed by atoms with Gasteiger partial charge in [0.1, 0.15) is 0 Å². The molecule has 1 nitrogen and oxygen atoms in total. The average molecular weight is 310 g/mol. The lowest BCUT2D eigenvalue weighted by Crippen LogP contribution is -2.35. The lowest BCUT2D eigenvalue weighted by atomic mass is 10.0. The number of hydrogen-bond acceptors (Lipinski definition) is 1.